The van der Waals surface area contributed by atoms with Crippen molar-refractivity contribution in [2.45, 2.75) is 0 Å². The minimum atomic E-state index is -1.10. The highest BCUT2D eigenvalue weighted by Crippen LogP contribution is 2.27. The molecule has 2 aromatic carbocycles. The first-order chi connectivity index (χ1) is 10.2. The highest BCUT2D eigenvalue weighted by molar-refractivity contribution is 5.95. The summed E-state index contributed by atoms with van der Waals surface area (Å²) in [4.78, 5) is 11.4. The number of carboxylic acids is 1. The standard InChI is InChI=1S/C16H11FN2O2/c17-12-6-4-5-11(9-12)15-14(16(20)21)10-18-19(15)13-7-2-1-3-8-13/h1-10H,(H,20,21). The van der Waals surface area contributed by atoms with Gasteiger partial charge in [0, 0.05) is 5.56 Å². The second-order valence-electron chi connectivity index (χ2n) is 4.47. The number of carboxylic acid groups (broad SMARTS) is 1. The lowest BCUT2D eigenvalue weighted by molar-refractivity contribution is 0.0697. The van der Waals surface area contributed by atoms with E-state index in [4.69, 9.17) is 0 Å². The third kappa shape index (κ3) is 2.41. The van der Waals surface area contributed by atoms with E-state index in [1.165, 1.54) is 23.0 Å². The molecular weight excluding hydrogens is 271 g/mol. The maximum atomic E-state index is 13.4. The molecule has 0 spiro atoms. The normalized spacial score (nSPS) is 10.5. The van der Waals surface area contributed by atoms with Crippen LogP contribution in [-0.4, -0.2) is 20.9 Å². The topological polar surface area (TPSA) is 55.1 Å². The van der Waals surface area contributed by atoms with Gasteiger partial charge in [-0.3, -0.25) is 0 Å². The molecule has 0 saturated carbocycles. The van der Waals surface area contributed by atoms with Crippen LogP contribution in [0.1, 0.15) is 10.4 Å². The smallest absolute Gasteiger partial charge is 0.339 e. The van der Waals surface area contributed by atoms with Crippen molar-refractivity contribution in [3.05, 3.63) is 72.2 Å². The molecule has 3 aromatic rings. The van der Waals surface area contributed by atoms with Gasteiger partial charge >= 0.3 is 5.97 Å². The summed E-state index contributed by atoms with van der Waals surface area (Å²) in [6.07, 6.45) is 1.27. The van der Waals surface area contributed by atoms with E-state index in [0.29, 0.717) is 16.9 Å². The Bertz CT molecular complexity index is 797. The van der Waals surface area contributed by atoms with E-state index in [0.717, 1.165) is 0 Å². The Hall–Kier alpha value is -2.95. The molecule has 1 heterocycles. The molecule has 4 nitrogen and oxygen atoms in total. The fraction of sp³-hybridized carbons (Fsp3) is 0. The fourth-order valence-electron chi connectivity index (χ4n) is 2.18. The van der Waals surface area contributed by atoms with Crippen LogP contribution in [0, 0.1) is 5.82 Å². The minimum Gasteiger partial charge on any atom is -0.478 e. The van der Waals surface area contributed by atoms with Crippen molar-refractivity contribution >= 4 is 5.97 Å². The van der Waals surface area contributed by atoms with E-state index < -0.39 is 11.8 Å². The average molecular weight is 282 g/mol. The van der Waals surface area contributed by atoms with E-state index in [2.05, 4.69) is 5.10 Å². The number of halogens is 1. The second-order valence-corrected chi connectivity index (χ2v) is 4.47. The van der Waals surface area contributed by atoms with Crippen LogP contribution in [0.3, 0.4) is 0 Å². The van der Waals surface area contributed by atoms with Crippen LogP contribution >= 0.6 is 0 Å². The lowest BCUT2D eigenvalue weighted by atomic mass is 10.1. The number of rotatable bonds is 3. The largest absolute Gasteiger partial charge is 0.478 e. The molecule has 0 fully saturated rings. The molecule has 0 aliphatic heterocycles. The molecular formula is C16H11FN2O2. The molecule has 1 aromatic heterocycles. The summed E-state index contributed by atoms with van der Waals surface area (Å²) in [5.74, 6) is -1.53. The molecule has 21 heavy (non-hydrogen) atoms. The maximum absolute atomic E-state index is 13.4. The zero-order chi connectivity index (χ0) is 14.8. The van der Waals surface area contributed by atoms with Gasteiger partial charge in [-0.05, 0) is 24.3 Å². The van der Waals surface area contributed by atoms with Crippen molar-refractivity contribution in [2.75, 3.05) is 0 Å². The van der Waals surface area contributed by atoms with E-state index in [-0.39, 0.29) is 5.56 Å². The third-order valence-corrected chi connectivity index (χ3v) is 3.10. The summed E-state index contributed by atoms with van der Waals surface area (Å²) >= 11 is 0. The van der Waals surface area contributed by atoms with Gasteiger partial charge in [0.1, 0.15) is 11.4 Å². The Labute approximate surface area is 120 Å². The number of hydrogen-bond donors (Lipinski definition) is 1. The molecule has 5 heteroatoms. The summed E-state index contributed by atoms with van der Waals surface area (Å²) < 4.78 is 14.9. The van der Waals surface area contributed by atoms with Crippen molar-refractivity contribution in [1.82, 2.24) is 9.78 Å². The molecule has 0 radical (unpaired) electrons. The van der Waals surface area contributed by atoms with Gasteiger partial charge in [0.25, 0.3) is 0 Å². The summed E-state index contributed by atoms with van der Waals surface area (Å²) in [5, 5.41) is 13.4. The second kappa shape index (κ2) is 5.20. The summed E-state index contributed by atoms with van der Waals surface area (Å²) in [5.41, 5.74) is 1.57. The van der Waals surface area contributed by atoms with Crippen LogP contribution in [-0.2, 0) is 0 Å². The quantitative estimate of drug-likeness (QED) is 0.801. The summed E-state index contributed by atoms with van der Waals surface area (Å²) in [6, 6.07) is 14.9. The Morgan fingerprint density at radius 2 is 1.86 bits per heavy atom. The molecule has 0 aliphatic rings. The summed E-state index contributed by atoms with van der Waals surface area (Å²) in [7, 11) is 0. The number of nitrogens with zero attached hydrogens (tertiary/aromatic N) is 2. The van der Waals surface area contributed by atoms with Gasteiger partial charge in [0.05, 0.1) is 17.6 Å². The minimum absolute atomic E-state index is 0.0319. The first kappa shape index (κ1) is 13.1. The SMILES string of the molecule is O=C(O)c1cnn(-c2ccccc2)c1-c1cccc(F)c1. The predicted molar refractivity (Wildman–Crippen MR) is 75.9 cm³/mol. The van der Waals surface area contributed by atoms with Crippen molar-refractivity contribution in [3.8, 4) is 16.9 Å². The number of aromatic nitrogens is 2. The van der Waals surface area contributed by atoms with Gasteiger partial charge in [0.15, 0.2) is 0 Å². The zero-order valence-electron chi connectivity index (χ0n) is 10.9. The average Bonchev–Trinajstić information content (AvgIpc) is 2.93. The molecule has 0 amide bonds. The van der Waals surface area contributed by atoms with Crippen LogP contribution in [0.4, 0.5) is 4.39 Å². The van der Waals surface area contributed by atoms with E-state index in [9.17, 15) is 14.3 Å². The van der Waals surface area contributed by atoms with Crippen LogP contribution in [0.2, 0.25) is 0 Å². The van der Waals surface area contributed by atoms with Crippen molar-refractivity contribution < 1.29 is 14.3 Å². The van der Waals surface area contributed by atoms with Gasteiger partial charge in [-0.25, -0.2) is 13.9 Å². The van der Waals surface area contributed by atoms with E-state index in [1.807, 2.05) is 18.2 Å². The van der Waals surface area contributed by atoms with Gasteiger partial charge < -0.3 is 5.11 Å². The van der Waals surface area contributed by atoms with Crippen LogP contribution in [0.25, 0.3) is 16.9 Å². The van der Waals surface area contributed by atoms with E-state index >= 15 is 0 Å². The fourth-order valence-corrected chi connectivity index (χ4v) is 2.18. The molecule has 0 saturated heterocycles. The summed E-state index contributed by atoms with van der Waals surface area (Å²) in [6.45, 7) is 0. The highest BCUT2D eigenvalue weighted by Gasteiger charge is 2.19. The predicted octanol–water partition coefficient (Wildman–Crippen LogP) is 3.38. The Morgan fingerprint density at radius 3 is 2.52 bits per heavy atom. The number of hydrogen-bond acceptors (Lipinski definition) is 2. The molecule has 1 N–H and O–H groups in total. The first-order valence-corrected chi connectivity index (χ1v) is 6.29. The molecule has 0 aliphatic carbocycles. The third-order valence-electron chi connectivity index (χ3n) is 3.10. The van der Waals surface area contributed by atoms with Gasteiger partial charge in [-0.1, -0.05) is 30.3 Å². The van der Waals surface area contributed by atoms with Gasteiger partial charge in [-0.2, -0.15) is 5.10 Å². The maximum Gasteiger partial charge on any atom is 0.339 e. The highest BCUT2D eigenvalue weighted by atomic mass is 19.1. The van der Waals surface area contributed by atoms with Gasteiger partial charge in [0.2, 0.25) is 0 Å². The molecule has 0 bridgehead atoms. The van der Waals surface area contributed by atoms with Crippen LogP contribution in [0.5, 0.6) is 0 Å². The van der Waals surface area contributed by atoms with Crippen molar-refractivity contribution in [3.63, 3.8) is 0 Å². The molecule has 3 rings (SSSR count). The zero-order valence-corrected chi connectivity index (χ0v) is 10.9. The number of para-hydroxylation sites is 1. The number of aromatic carboxylic acids is 1. The van der Waals surface area contributed by atoms with Crippen molar-refractivity contribution in [1.29, 1.82) is 0 Å². The lowest BCUT2D eigenvalue weighted by Crippen LogP contribution is -2.03. The lowest BCUT2D eigenvalue weighted by Gasteiger charge is -2.09. The first-order valence-electron chi connectivity index (χ1n) is 6.29. The van der Waals surface area contributed by atoms with Crippen LogP contribution < -0.4 is 0 Å². The molecule has 0 unspecified atom stereocenters. The molecule has 0 atom stereocenters. The monoisotopic (exact) mass is 282 g/mol. The van der Waals surface area contributed by atoms with Crippen LogP contribution in [0.15, 0.2) is 60.8 Å². The van der Waals surface area contributed by atoms with Crippen molar-refractivity contribution in [2.24, 2.45) is 0 Å². The van der Waals surface area contributed by atoms with Gasteiger partial charge in [-0.15, -0.1) is 0 Å². The Morgan fingerprint density at radius 1 is 1.10 bits per heavy atom. The molecule has 104 valence electrons. The Balaban J connectivity index is 2.26. The van der Waals surface area contributed by atoms with E-state index in [1.54, 1.807) is 24.3 Å². The number of benzene rings is 2. The number of carbonyl (C=O) groups is 1. The Kier molecular flexibility index (Phi) is 3.23.